The largest absolute Gasteiger partial charge is 0.342 e. The standard InChI is InChI=1S/C15H28N2O/c1-4-17(10-13-6-5-7-13)14(18)15(12(2)3)8-9-16-11-15/h12-13,16H,4-11H2,1-3H3. The lowest BCUT2D eigenvalue weighted by Gasteiger charge is -2.39. The number of amides is 1. The summed E-state index contributed by atoms with van der Waals surface area (Å²) in [7, 11) is 0. The van der Waals surface area contributed by atoms with Crippen LogP contribution in [0, 0.1) is 17.3 Å². The highest BCUT2D eigenvalue weighted by Gasteiger charge is 2.46. The fourth-order valence-corrected chi connectivity index (χ4v) is 3.29. The monoisotopic (exact) mass is 252 g/mol. The molecule has 1 aliphatic carbocycles. The zero-order valence-electron chi connectivity index (χ0n) is 12.2. The molecule has 0 aromatic heterocycles. The Morgan fingerprint density at radius 3 is 2.56 bits per heavy atom. The van der Waals surface area contributed by atoms with Gasteiger partial charge < -0.3 is 10.2 Å². The molecule has 1 aliphatic heterocycles. The number of carbonyl (C=O) groups is 1. The molecule has 104 valence electrons. The first kappa shape index (κ1) is 13.9. The van der Waals surface area contributed by atoms with E-state index in [1.807, 2.05) is 0 Å². The Kier molecular flexibility index (Phi) is 4.31. The third-order valence-corrected chi connectivity index (χ3v) is 5.09. The number of carbonyl (C=O) groups excluding carboxylic acids is 1. The molecule has 1 N–H and O–H groups in total. The Labute approximate surface area is 111 Å². The van der Waals surface area contributed by atoms with Gasteiger partial charge in [0, 0.05) is 19.6 Å². The third kappa shape index (κ3) is 2.42. The van der Waals surface area contributed by atoms with E-state index in [4.69, 9.17) is 0 Å². The van der Waals surface area contributed by atoms with Gasteiger partial charge in [0.15, 0.2) is 0 Å². The van der Waals surface area contributed by atoms with E-state index >= 15 is 0 Å². The van der Waals surface area contributed by atoms with Crippen molar-refractivity contribution in [2.75, 3.05) is 26.2 Å². The van der Waals surface area contributed by atoms with E-state index in [0.29, 0.717) is 11.8 Å². The van der Waals surface area contributed by atoms with Crippen LogP contribution in [0.4, 0.5) is 0 Å². The molecule has 1 amide bonds. The molecule has 1 unspecified atom stereocenters. The number of hydrogen-bond donors (Lipinski definition) is 1. The van der Waals surface area contributed by atoms with Gasteiger partial charge in [-0.2, -0.15) is 0 Å². The lowest BCUT2D eigenvalue weighted by molar-refractivity contribution is -0.144. The van der Waals surface area contributed by atoms with E-state index in [-0.39, 0.29) is 5.41 Å². The van der Waals surface area contributed by atoms with Crippen molar-refractivity contribution >= 4 is 5.91 Å². The Balaban J connectivity index is 2.05. The fraction of sp³-hybridized carbons (Fsp3) is 0.933. The highest BCUT2D eigenvalue weighted by molar-refractivity contribution is 5.83. The van der Waals surface area contributed by atoms with Gasteiger partial charge in [0.05, 0.1) is 5.41 Å². The summed E-state index contributed by atoms with van der Waals surface area (Å²) in [5.74, 6) is 1.60. The molecular formula is C15H28N2O. The van der Waals surface area contributed by atoms with Gasteiger partial charge >= 0.3 is 0 Å². The van der Waals surface area contributed by atoms with Crippen LogP contribution < -0.4 is 5.32 Å². The van der Waals surface area contributed by atoms with E-state index in [0.717, 1.165) is 38.5 Å². The average molecular weight is 252 g/mol. The van der Waals surface area contributed by atoms with Crippen LogP contribution in [-0.2, 0) is 4.79 Å². The molecule has 2 rings (SSSR count). The van der Waals surface area contributed by atoms with Gasteiger partial charge in [0.25, 0.3) is 0 Å². The molecule has 0 spiro atoms. The normalized spacial score (nSPS) is 28.4. The van der Waals surface area contributed by atoms with Gasteiger partial charge in [0.1, 0.15) is 0 Å². The molecule has 3 heteroatoms. The molecule has 0 aromatic rings. The smallest absolute Gasteiger partial charge is 0.230 e. The molecule has 1 atom stereocenters. The molecular weight excluding hydrogens is 224 g/mol. The van der Waals surface area contributed by atoms with Crippen molar-refractivity contribution in [1.29, 1.82) is 0 Å². The number of nitrogens with zero attached hydrogens (tertiary/aromatic N) is 1. The summed E-state index contributed by atoms with van der Waals surface area (Å²) in [5, 5.41) is 3.39. The lowest BCUT2D eigenvalue weighted by Crippen LogP contribution is -2.50. The summed E-state index contributed by atoms with van der Waals surface area (Å²) in [6.07, 6.45) is 4.99. The third-order valence-electron chi connectivity index (χ3n) is 5.09. The fourth-order valence-electron chi connectivity index (χ4n) is 3.29. The van der Waals surface area contributed by atoms with E-state index < -0.39 is 0 Å². The van der Waals surface area contributed by atoms with Crippen LogP contribution in [0.3, 0.4) is 0 Å². The highest BCUT2D eigenvalue weighted by Crippen LogP contribution is 2.37. The number of hydrogen-bond acceptors (Lipinski definition) is 2. The van der Waals surface area contributed by atoms with E-state index in [9.17, 15) is 4.79 Å². The van der Waals surface area contributed by atoms with Gasteiger partial charge in [-0.25, -0.2) is 0 Å². The lowest BCUT2D eigenvalue weighted by atomic mass is 9.74. The topological polar surface area (TPSA) is 32.3 Å². The van der Waals surface area contributed by atoms with Crippen molar-refractivity contribution in [2.24, 2.45) is 17.3 Å². The summed E-state index contributed by atoms with van der Waals surface area (Å²) in [6.45, 7) is 10.2. The van der Waals surface area contributed by atoms with Gasteiger partial charge in [-0.15, -0.1) is 0 Å². The van der Waals surface area contributed by atoms with E-state index in [2.05, 4.69) is 31.0 Å². The van der Waals surface area contributed by atoms with Crippen molar-refractivity contribution in [3.05, 3.63) is 0 Å². The average Bonchev–Trinajstić information content (AvgIpc) is 2.77. The first-order valence-electron chi connectivity index (χ1n) is 7.60. The maximum absolute atomic E-state index is 12.9. The summed E-state index contributed by atoms with van der Waals surface area (Å²) in [6, 6.07) is 0. The van der Waals surface area contributed by atoms with Gasteiger partial charge in [-0.1, -0.05) is 20.3 Å². The molecule has 3 nitrogen and oxygen atoms in total. The Bertz CT molecular complexity index is 291. The SMILES string of the molecule is CCN(CC1CCC1)C(=O)C1(C(C)C)CCNC1. The minimum absolute atomic E-state index is 0.139. The molecule has 1 saturated carbocycles. The Morgan fingerprint density at radius 2 is 2.17 bits per heavy atom. The quantitative estimate of drug-likeness (QED) is 0.814. The van der Waals surface area contributed by atoms with Crippen LogP contribution in [0.1, 0.15) is 46.5 Å². The second-order valence-electron chi connectivity index (χ2n) is 6.38. The predicted octanol–water partition coefficient (Wildman–Crippen LogP) is 2.27. The van der Waals surface area contributed by atoms with Crippen molar-refractivity contribution in [1.82, 2.24) is 10.2 Å². The van der Waals surface area contributed by atoms with Crippen LogP contribution in [0.15, 0.2) is 0 Å². The van der Waals surface area contributed by atoms with Crippen LogP contribution in [0.5, 0.6) is 0 Å². The van der Waals surface area contributed by atoms with E-state index in [1.54, 1.807) is 0 Å². The van der Waals surface area contributed by atoms with Crippen molar-refractivity contribution in [3.8, 4) is 0 Å². The summed E-state index contributed by atoms with van der Waals surface area (Å²) in [5.41, 5.74) is -0.139. The zero-order valence-corrected chi connectivity index (χ0v) is 12.2. The van der Waals surface area contributed by atoms with Crippen molar-refractivity contribution in [3.63, 3.8) is 0 Å². The van der Waals surface area contributed by atoms with Crippen LogP contribution in [-0.4, -0.2) is 37.0 Å². The van der Waals surface area contributed by atoms with E-state index in [1.165, 1.54) is 19.3 Å². The molecule has 2 fully saturated rings. The summed E-state index contributed by atoms with van der Waals surface area (Å²) >= 11 is 0. The van der Waals surface area contributed by atoms with Gasteiger partial charge in [0.2, 0.25) is 5.91 Å². The predicted molar refractivity (Wildman–Crippen MR) is 74.4 cm³/mol. The number of rotatable bonds is 5. The number of nitrogens with one attached hydrogen (secondary N) is 1. The molecule has 0 bridgehead atoms. The zero-order chi connectivity index (χ0) is 13.2. The van der Waals surface area contributed by atoms with Crippen LogP contribution in [0.25, 0.3) is 0 Å². The second-order valence-corrected chi connectivity index (χ2v) is 6.38. The maximum atomic E-state index is 12.9. The highest BCUT2D eigenvalue weighted by atomic mass is 16.2. The Hall–Kier alpha value is -0.570. The Morgan fingerprint density at radius 1 is 1.44 bits per heavy atom. The minimum Gasteiger partial charge on any atom is -0.342 e. The van der Waals surface area contributed by atoms with Crippen molar-refractivity contribution < 1.29 is 4.79 Å². The molecule has 0 radical (unpaired) electrons. The molecule has 0 aromatic carbocycles. The first-order valence-corrected chi connectivity index (χ1v) is 7.60. The van der Waals surface area contributed by atoms with Gasteiger partial charge in [-0.3, -0.25) is 4.79 Å². The molecule has 18 heavy (non-hydrogen) atoms. The van der Waals surface area contributed by atoms with Crippen LogP contribution >= 0.6 is 0 Å². The summed E-state index contributed by atoms with van der Waals surface area (Å²) < 4.78 is 0. The molecule has 2 aliphatic rings. The first-order chi connectivity index (χ1) is 8.60. The van der Waals surface area contributed by atoms with Gasteiger partial charge in [-0.05, 0) is 44.6 Å². The van der Waals surface area contributed by atoms with Crippen molar-refractivity contribution in [2.45, 2.75) is 46.5 Å². The molecule has 1 saturated heterocycles. The maximum Gasteiger partial charge on any atom is 0.230 e. The van der Waals surface area contributed by atoms with Crippen LogP contribution in [0.2, 0.25) is 0 Å². The summed E-state index contributed by atoms with van der Waals surface area (Å²) in [4.78, 5) is 15.0. The minimum atomic E-state index is -0.139. The second kappa shape index (κ2) is 5.60. The molecule has 1 heterocycles.